The van der Waals surface area contributed by atoms with Crippen molar-refractivity contribution in [3.05, 3.63) is 35.9 Å². The smallest absolute Gasteiger partial charge is 0.306 e. The molecule has 0 aliphatic rings. The average Bonchev–Trinajstić information content (AvgIpc) is 2.70. The highest BCUT2D eigenvalue weighted by molar-refractivity contribution is 7.99. The van der Waals surface area contributed by atoms with E-state index in [-0.39, 0.29) is 5.97 Å². The summed E-state index contributed by atoms with van der Waals surface area (Å²) in [4.78, 5) is 25.5. The van der Waals surface area contributed by atoms with Gasteiger partial charge in [0, 0.05) is 29.2 Å². The standard InChI is InChI=1S/C20H26ClN3O2S/c1-3-5-6-15(4-2)14-26-18(25)8-12-27-17-7-9-24-20(19(17)21)16-13-22-10-11-23-16/h7,9-11,13,15H,3-6,8,12,14H2,1-2H3. The molecule has 0 aliphatic carbocycles. The molecule has 2 rings (SSSR count). The van der Waals surface area contributed by atoms with Crippen LogP contribution in [-0.4, -0.2) is 33.3 Å². The molecule has 0 fully saturated rings. The topological polar surface area (TPSA) is 65.0 Å². The Bertz CT molecular complexity index is 716. The molecule has 1 atom stereocenters. The number of pyridine rings is 1. The maximum absolute atomic E-state index is 12.0. The van der Waals surface area contributed by atoms with Crippen molar-refractivity contribution in [3.8, 4) is 11.4 Å². The van der Waals surface area contributed by atoms with E-state index in [1.807, 2.05) is 6.07 Å². The molecule has 1 unspecified atom stereocenters. The molecule has 0 aromatic carbocycles. The maximum atomic E-state index is 12.0. The van der Waals surface area contributed by atoms with Crippen LogP contribution >= 0.6 is 23.4 Å². The number of rotatable bonds is 11. The molecule has 0 spiro atoms. The van der Waals surface area contributed by atoms with Crippen LogP contribution in [0.2, 0.25) is 5.02 Å². The number of halogens is 1. The van der Waals surface area contributed by atoms with Gasteiger partial charge in [0.05, 0.1) is 24.2 Å². The quantitative estimate of drug-likeness (QED) is 0.365. The number of hydrogen-bond acceptors (Lipinski definition) is 6. The first-order valence-corrected chi connectivity index (χ1v) is 10.7. The van der Waals surface area contributed by atoms with Crippen LogP contribution < -0.4 is 0 Å². The third-order valence-corrected chi connectivity index (χ3v) is 5.80. The fraction of sp³-hybridized carbons (Fsp3) is 0.500. The number of unbranched alkanes of at least 4 members (excludes halogenated alkanes) is 1. The molecule has 0 N–H and O–H groups in total. The summed E-state index contributed by atoms with van der Waals surface area (Å²) < 4.78 is 5.44. The second kappa shape index (κ2) is 11.9. The van der Waals surface area contributed by atoms with Crippen molar-refractivity contribution in [1.82, 2.24) is 15.0 Å². The van der Waals surface area contributed by atoms with E-state index in [9.17, 15) is 4.79 Å². The molecule has 0 amide bonds. The molecule has 2 aromatic heterocycles. The zero-order valence-corrected chi connectivity index (χ0v) is 17.4. The number of ether oxygens (including phenoxy) is 1. The fourth-order valence-corrected chi connectivity index (χ4v) is 3.80. The Hall–Kier alpha value is -1.66. The molecule has 0 saturated heterocycles. The van der Waals surface area contributed by atoms with Crippen LogP contribution in [0.1, 0.15) is 46.0 Å². The van der Waals surface area contributed by atoms with Crippen molar-refractivity contribution >= 4 is 29.3 Å². The fourth-order valence-electron chi connectivity index (χ4n) is 2.56. The molecule has 2 heterocycles. The summed E-state index contributed by atoms with van der Waals surface area (Å²) in [5, 5.41) is 0.530. The van der Waals surface area contributed by atoms with E-state index >= 15 is 0 Å². The molecular weight excluding hydrogens is 382 g/mol. The third-order valence-electron chi connectivity index (χ3n) is 4.25. The number of nitrogens with zero attached hydrogens (tertiary/aromatic N) is 3. The molecule has 0 radical (unpaired) electrons. The number of thioether (sulfide) groups is 1. The second-order valence-corrected chi connectivity index (χ2v) is 7.78. The number of esters is 1. The average molecular weight is 408 g/mol. The zero-order valence-electron chi connectivity index (χ0n) is 15.9. The van der Waals surface area contributed by atoms with Crippen LogP contribution in [0.4, 0.5) is 0 Å². The lowest BCUT2D eigenvalue weighted by atomic mass is 10.0. The summed E-state index contributed by atoms with van der Waals surface area (Å²) in [5.41, 5.74) is 1.22. The van der Waals surface area contributed by atoms with E-state index in [1.165, 1.54) is 24.6 Å². The highest BCUT2D eigenvalue weighted by atomic mass is 35.5. The van der Waals surface area contributed by atoms with E-state index in [4.69, 9.17) is 16.3 Å². The Balaban J connectivity index is 1.82. The molecule has 146 valence electrons. The van der Waals surface area contributed by atoms with Crippen molar-refractivity contribution in [2.45, 2.75) is 50.8 Å². The Labute approximate surface area is 170 Å². The first-order chi connectivity index (χ1) is 13.2. The molecular formula is C20H26ClN3O2S. The van der Waals surface area contributed by atoms with Gasteiger partial charge in [0.1, 0.15) is 11.4 Å². The summed E-state index contributed by atoms with van der Waals surface area (Å²) in [6.45, 7) is 4.84. The van der Waals surface area contributed by atoms with Crippen LogP contribution in [0.25, 0.3) is 11.4 Å². The van der Waals surface area contributed by atoms with E-state index in [0.29, 0.717) is 41.1 Å². The summed E-state index contributed by atoms with van der Waals surface area (Å²) in [5.74, 6) is 0.913. The highest BCUT2D eigenvalue weighted by Gasteiger charge is 2.13. The number of carbonyl (C=O) groups excluding carboxylic acids is 1. The van der Waals surface area contributed by atoms with Crippen LogP contribution in [0.3, 0.4) is 0 Å². The Kier molecular flexibility index (Phi) is 9.56. The van der Waals surface area contributed by atoms with Gasteiger partial charge in [-0.1, -0.05) is 44.7 Å². The largest absolute Gasteiger partial charge is 0.465 e. The van der Waals surface area contributed by atoms with E-state index in [2.05, 4.69) is 28.8 Å². The highest BCUT2D eigenvalue weighted by Crippen LogP contribution is 2.33. The first kappa shape index (κ1) is 21.6. The summed E-state index contributed by atoms with van der Waals surface area (Å²) in [6, 6.07) is 1.84. The minimum absolute atomic E-state index is 0.156. The van der Waals surface area contributed by atoms with E-state index in [0.717, 1.165) is 17.7 Å². The van der Waals surface area contributed by atoms with Gasteiger partial charge in [-0.15, -0.1) is 11.8 Å². The van der Waals surface area contributed by atoms with Gasteiger partial charge in [-0.2, -0.15) is 0 Å². The van der Waals surface area contributed by atoms with Gasteiger partial charge in [-0.05, 0) is 18.4 Å². The van der Waals surface area contributed by atoms with Crippen LogP contribution in [-0.2, 0) is 9.53 Å². The zero-order chi connectivity index (χ0) is 19.5. The summed E-state index contributed by atoms with van der Waals surface area (Å²) >= 11 is 7.98. The second-order valence-electron chi connectivity index (χ2n) is 6.26. The van der Waals surface area contributed by atoms with Crippen molar-refractivity contribution in [2.75, 3.05) is 12.4 Å². The predicted molar refractivity (Wildman–Crippen MR) is 110 cm³/mol. The lowest BCUT2D eigenvalue weighted by molar-refractivity contribution is -0.144. The number of carbonyl (C=O) groups is 1. The van der Waals surface area contributed by atoms with Crippen LogP contribution in [0.5, 0.6) is 0 Å². The molecule has 7 heteroatoms. The van der Waals surface area contributed by atoms with E-state index < -0.39 is 0 Å². The molecule has 2 aromatic rings. The van der Waals surface area contributed by atoms with Gasteiger partial charge in [-0.3, -0.25) is 19.7 Å². The number of hydrogen-bond donors (Lipinski definition) is 0. The first-order valence-electron chi connectivity index (χ1n) is 9.35. The molecule has 27 heavy (non-hydrogen) atoms. The minimum atomic E-state index is -0.156. The molecule has 0 aliphatic heterocycles. The van der Waals surface area contributed by atoms with Crippen molar-refractivity contribution in [2.24, 2.45) is 5.92 Å². The van der Waals surface area contributed by atoms with Gasteiger partial charge >= 0.3 is 5.97 Å². The summed E-state index contributed by atoms with van der Waals surface area (Å²) in [6.07, 6.45) is 11.4. The monoisotopic (exact) mass is 407 g/mol. The van der Waals surface area contributed by atoms with Crippen molar-refractivity contribution in [1.29, 1.82) is 0 Å². The Morgan fingerprint density at radius 1 is 1.26 bits per heavy atom. The SMILES string of the molecule is CCCCC(CC)COC(=O)CCSc1ccnc(-c2cnccn2)c1Cl. The number of aromatic nitrogens is 3. The lowest BCUT2D eigenvalue weighted by Gasteiger charge is -2.14. The van der Waals surface area contributed by atoms with Gasteiger partial charge in [-0.25, -0.2) is 0 Å². The predicted octanol–water partition coefficient (Wildman–Crippen LogP) is 5.43. The third kappa shape index (κ3) is 7.11. The lowest BCUT2D eigenvalue weighted by Crippen LogP contribution is -2.14. The van der Waals surface area contributed by atoms with Crippen LogP contribution in [0.15, 0.2) is 35.7 Å². The van der Waals surface area contributed by atoms with Crippen molar-refractivity contribution in [3.63, 3.8) is 0 Å². The van der Waals surface area contributed by atoms with Gasteiger partial charge in [0.2, 0.25) is 0 Å². The van der Waals surface area contributed by atoms with Crippen molar-refractivity contribution < 1.29 is 9.53 Å². The van der Waals surface area contributed by atoms with E-state index in [1.54, 1.807) is 24.8 Å². The van der Waals surface area contributed by atoms with Gasteiger partial charge < -0.3 is 4.74 Å². The maximum Gasteiger partial charge on any atom is 0.306 e. The normalized spacial score (nSPS) is 12.0. The molecule has 0 bridgehead atoms. The Morgan fingerprint density at radius 2 is 2.11 bits per heavy atom. The molecule has 0 saturated carbocycles. The summed E-state index contributed by atoms with van der Waals surface area (Å²) in [7, 11) is 0. The minimum Gasteiger partial charge on any atom is -0.465 e. The van der Waals surface area contributed by atoms with Gasteiger partial charge in [0.15, 0.2) is 0 Å². The van der Waals surface area contributed by atoms with Crippen LogP contribution in [0, 0.1) is 5.92 Å². The molecule has 5 nitrogen and oxygen atoms in total. The van der Waals surface area contributed by atoms with Gasteiger partial charge in [0.25, 0.3) is 0 Å². The Morgan fingerprint density at radius 3 is 2.81 bits per heavy atom.